The number of anilines is 1. The summed E-state index contributed by atoms with van der Waals surface area (Å²) in [5.41, 5.74) is 5.65. The molecule has 0 bridgehead atoms. The van der Waals surface area contributed by atoms with Gasteiger partial charge >= 0.3 is 0 Å². The Balaban J connectivity index is 2.14. The second kappa shape index (κ2) is 5.93. The number of nitrogens with two attached hydrogens (primary N) is 1. The third-order valence-electron chi connectivity index (χ3n) is 3.52. The molecular formula is C14H19FN2O2S. The Morgan fingerprint density at radius 1 is 1.40 bits per heavy atom. The second-order valence-corrected chi connectivity index (χ2v) is 6.88. The van der Waals surface area contributed by atoms with Crippen LogP contribution in [0.4, 0.5) is 10.1 Å². The van der Waals surface area contributed by atoms with Gasteiger partial charge in [0.15, 0.2) is 0 Å². The molecule has 0 aliphatic heterocycles. The monoisotopic (exact) mass is 298 g/mol. The zero-order valence-electron chi connectivity index (χ0n) is 11.4. The summed E-state index contributed by atoms with van der Waals surface area (Å²) in [4.78, 5) is 0.0442. The highest BCUT2D eigenvalue weighted by Crippen LogP contribution is 2.22. The highest BCUT2D eigenvalue weighted by Gasteiger charge is 2.20. The van der Waals surface area contributed by atoms with Crippen LogP contribution in [0.25, 0.3) is 0 Å². The molecule has 0 spiro atoms. The molecule has 1 aliphatic rings. The molecule has 0 fully saturated rings. The molecule has 0 heterocycles. The van der Waals surface area contributed by atoms with Crippen molar-refractivity contribution in [1.82, 2.24) is 4.72 Å². The number of nitrogens with one attached hydrogen (secondary N) is 1. The van der Waals surface area contributed by atoms with Crippen molar-refractivity contribution in [2.45, 2.75) is 31.1 Å². The zero-order chi connectivity index (χ0) is 14.8. The molecule has 110 valence electrons. The minimum absolute atomic E-state index is 0.0442. The summed E-state index contributed by atoms with van der Waals surface area (Å²) in [6.45, 7) is 1.95. The average molecular weight is 298 g/mol. The number of benzene rings is 1. The van der Waals surface area contributed by atoms with Gasteiger partial charge in [-0.25, -0.2) is 17.5 Å². The molecule has 1 unspecified atom stereocenters. The van der Waals surface area contributed by atoms with E-state index in [2.05, 4.69) is 16.9 Å². The van der Waals surface area contributed by atoms with Gasteiger partial charge in [-0.15, -0.1) is 0 Å². The van der Waals surface area contributed by atoms with Crippen molar-refractivity contribution in [2.75, 3.05) is 12.3 Å². The van der Waals surface area contributed by atoms with Crippen molar-refractivity contribution in [2.24, 2.45) is 5.92 Å². The molecule has 3 N–H and O–H groups in total. The number of allylic oxidation sites excluding steroid dienone is 2. The van der Waals surface area contributed by atoms with Gasteiger partial charge in [-0.05, 0) is 49.8 Å². The van der Waals surface area contributed by atoms with Crippen molar-refractivity contribution >= 4 is 15.7 Å². The van der Waals surface area contributed by atoms with E-state index in [9.17, 15) is 12.8 Å². The number of aryl methyl sites for hydroxylation is 1. The van der Waals surface area contributed by atoms with E-state index in [0.717, 1.165) is 25.3 Å². The van der Waals surface area contributed by atoms with E-state index < -0.39 is 15.8 Å². The van der Waals surface area contributed by atoms with Crippen LogP contribution >= 0.6 is 0 Å². The molecule has 1 atom stereocenters. The summed E-state index contributed by atoms with van der Waals surface area (Å²) < 4.78 is 40.4. The van der Waals surface area contributed by atoms with Gasteiger partial charge in [-0.3, -0.25) is 0 Å². The number of rotatable bonds is 4. The van der Waals surface area contributed by atoms with Crippen LogP contribution in [-0.2, 0) is 10.0 Å². The third kappa shape index (κ3) is 3.37. The number of hydrogen-bond donors (Lipinski definition) is 2. The highest BCUT2D eigenvalue weighted by molar-refractivity contribution is 7.89. The van der Waals surface area contributed by atoms with Crippen LogP contribution in [0.5, 0.6) is 0 Å². The molecule has 1 aromatic carbocycles. The minimum atomic E-state index is -3.65. The molecule has 0 saturated carbocycles. The van der Waals surface area contributed by atoms with Crippen LogP contribution in [0.15, 0.2) is 29.2 Å². The first-order chi connectivity index (χ1) is 9.40. The maximum Gasteiger partial charge on any atom is 0.240 e. The van der Waals surface area contributed by atoms with Crippen LogP contribution in [-0.4, -0.2) is 15.0 Å². The summed E-state index contributed by atoms with van der Waals surface area (Å²) in [5.74, 6) is -0.285. The van der Waals surface area contributed by atoms with E-state index in [0.29, 0.717) is 18.0 Å². The Morgan fingerprint density at radius 2 is 2.15 bits per heavy atom. The fraction of sp³-hybridized carbons (Fsp3) is 0.429. The Labute approximate surface area is 118 Å². The number of halogens is 1. The van der Waals surface area contributed by atoms with Crippen molar-refractivity contribution in [3.8, 4) is 0 Å². The molecule has 20 heavy (non-hydrogen) atoms. The summed E-state index contributed by atoms with van der Waals surface area (Å²) in [5, 5.41) is 0. The molecule has 1 aliphatic carbocycles. The molecule has 0 saturated heterocycles. The maximum atomic E-state index is 13.3. The predicted molar refractivity (Wildman–Crippen MR) is 77.2 cm³/mol. The SMILES string of the molecule is Cc1cc(F)c(N)cc1S(=O)(=O)NCC1CC=CCC1. The quantitative estimate of drug-likeness (QED) is 0.662. The topological polar surface area (TPSA) is 72.2 Å². The fourth-order valence-corrected chi connectivity index (χ4v) is 3.68. The van der Waals surface area contributed by atoms with E-state index in [1.807, 2.05) is 0 Å². The molecule has 0 amide bonds. The summed E-state index contributed by atoms with van der Waals surface area (Å²) in [7, 11) is -3.65. The molecular weight excluding hydrogens is 279 g/mol. The van der Waals surface area contributed by atoms with Crippen LogP contribution < -0.4 is 10.5 Å². The van der Waals surface area contributed by atoms with Gasteiger partial charge in [0, 0.05) is 6.54 Å². The Hall–Kier alpha value is -1.40. The standard InChI is InChI=1S/C14H19FN2O2S/c1-10-7-12(15)13(16)8-14(10)20(18,19)17-9-11-5-3-2-4-6-11/h2-3,7-8,11,17H,4-6,9,16H2,1H3. The molecule has 2 rings (SSSR count). The number of nitrogen functional groups attached to an aromatic ring is 1. The Bertz CT molecular complexity index is 626. The minimum Gasteiger partial charge on any atom is -0.396 e. The lowest BCUT2D eigenvalue weighted by Crippen LogP contribution is -2.30. The van der Waals surface area contributed by atoms with Gasteiger partial charge in [-0.1, -0.05) is 12.2 Å². The van der Waals surface area contributed by atoms with Gasteiger partial charge < -0.3 is 5.73 Å². The predicted octanol–water partition coefficient (Wildman–Crippen LogP) is 2.35. The number of sulfonamides is 1. The largest absolute Gasteiger partial charge is 0.396 e. The smallest absolute Gasteiger partial charge is 0.240 e. The van der Waals surface area contributed by atoms with Gasteiger partial charge in [0.25, 0.3) is 0 Å². The Morgan fingerprint density at radius 3 is 2.80 bits per heavy atom. The van der Waals surface area contributed by atoms with E-state index in [-0.39, 0.29) is 10.6 Å². The normalized spacial score (nSPS) is 19.2. The van der Waals surface area contributed by atoms with Crippen LogP contribution in [0.2, 0.25) is 0 Å². The summed E-state index contributed by atoms with van der Waals surface area (Å²) >= 11 is 0. The highest BCUT2D eigenvalue weighted by atomic mass is 32.2. The first-order valence-corrected chi connectivity index (χ1v) is 8.09. The van der Waals surface area contributed by atoms with E-state index in [1.54, 1.807) is 6.92 Å². The molecule has 1 aromatic rings. The van der Waals surface area contributed by atoms with Crippen molar-refractivity contribution in [3.63, 3.8) is 0 Å². The van der Waals surface area contributed by atoms with Crippen molar-refractivity contribution in [3.05, 3.63) is 35.7 Å². The summed E-state index contributed by atoms with van der Waals surface area (Å²) in [6.07, 6.45) is 7.02. The van der Waals surface area contributed by atoms with Crippen molar-refractivity contribution < 1.29 is 12.8 Å². The average Bonchev–Trinajstić information content (AvgIpc) is 2.42. The summed E-state index contributed by atoms with van der Waals surface area (Å²) in [6, 6.07) is 2.32. The van der Waals surface area contributed by atoms with Crippen LogP contribution in [0.3, 0.4) is 0 Å². The number of hydrogen-bond acceptors (Lipinski definition) is 3. The molecule has 4 nitrogen and oxygen atoms in total. The lowest BCUT2D eigenvalue weighted by Gasteiger charge is -2.18. The maximum absolute atomic E-state index is 13.3. The lowest BCUT2D eigenvalue weighted by molar-refractivity contribution is 0.468. The van der Waals surface area contributed by atoms with Gasteiger partial charge in [0.2, 0.25) is 10.0 Å². The van der Waals surface area contributed by atoms with Gasteiger partial charge in [0.1, 0.15) is 5.82 Å². The third-order valence-corrected chi connectivity index (χ3v) is 5.09. The first-order valence-electron chi connectivity index (χ1n) is 6.60. The zero-order valence-corrected chi connectivity index (χ0v) is 12.2. The fourth-order valence-electron chi connectivity index (χ4n) is 2.31. The molecule has 6 heteroatoms. The molecule has 0 aromatic heterocycles. The van der Waals surface area contributed by atoms with Crippen molar-refractivity contribution in [1.29, 1.82) is 0 Å². The molecule has 0 radical (unpaired) electrons. The van der Waals surface area contributed by atoms with E-state index in [1.165, 1.54) is 6.07 Å². The van der Waals surface area contributed by atoms with E-state index >= 15 is 0 Å². The second-order valence-electron chi connectivity index (χ2n) is 5.14. The van der Waals surface area contributed by atoms with Gasteiger partial charge in [0.05, 0.1) is 10.6 Å². The van der Waals surface area contributed by atoms with Crippen LogP contribution in [0, 0.1) is 18.7 Å². The Kier molecular flexibility index (Phi) is 4.45. The van der Waals surface area contributed by atoms with Gasteiger partial charge in [-0.2, -0.15) is 0 Å². The lowest BCUT2D eigenvalue weighted by atomic mass is 9.95. The van der Waals surface area contributed by atoms with E-state index in [4.69, 9.17) is 5.73 Å². The first kappa shape index (κ1) is 15.0. The van der Waals surface area contributed by atoms with Crippen LogP contribution in [0.1, 0.15) is 24.8 Å².